The molecular formula is C19H40N4. The van der Waals surface area contributed by atoms with Gasteiger partial charge in [-0.3, -0.25) is 4.90 Å². The van der Waals surface area contributed by atoms with Crippen LogP contribution >= 0.6 is 0 Å². The van der Waals surface area contributed by atoms with Crippen molar-refractivity contribution in [2.75, 3.05) is 66.0 Å². The SMILES string of the molecule is CC(C)N(C)CCN1CCC(CN2CCN(C(C)C)CC2)CC1. The molecule has 2 saturated heterocycles. The van der Waals surface area contributed by atoms with Crippen molar-refractivity contribution in [2.45, 2.75) is 52.6 Å². The lowest BCUT2D eigenvalue weighted by Crippen LogP contribution is -2.50. The van der Waals surface area contributed by atoms with E-state index in [1.807, 2.05) is 0 Å². The average molecular weight is 325 g/mol. The molecule has 0 aromatic carbocycles. The molecule has 23 heavy (non-hydrogen) atoms. The summed E-state index contributed by atoms with van der Waals surface area (Å²) in [6, 6.07) is 1.38. The van der Waals surface area contributed by atoms with Crippen molar-refractivity contribution in [1.82, 2.24) is 19.6 Å². The Bertz CT molecular complexity index is 315. The summed E-state index contributed by atoms with van der Waals surface area (Å²) in [6.07, 6.45) is 2.80. The molecule has 0 bridgehead atoms. The Morgan fingerprint density at radius 3 is 2.00 bits per heavy atom. The summed E-state index contributed by atoms with van der Waals surface area (Å²) in [4.78, 5) is 10.5. The van der Waals surface area contributed by atoms with Gasteiger partial charge in [0.25, 0.3) is 0 Å². The molecule has 0 saturated carbocycles. The van der Waals surface area contributed by atoms with Crippen LogP contribution in [0.2, 0.25) is 0 Å². The van der Waals surface area contributed by atoms with E-state index < -0.39 is 0 Å². The maximum atomic E-state index is 2.71. The highest BCUT2D eigenvalue weighted by Crippen LogP contribution is 2.19. The van der Waals surface area contributed by atoms with E-state index in [-0.39, 0.29) is 0 Å². The second-order valence-electron chi connectivity index (χ2n) is 8.29. The largest absolute Gasteiger partial charge is 0.303 e. The quantitative estimate of drug-likeness (QED) is 0.711. The molecule has 0 unspecified atom stereocenters. The van der Waals surface area contributed by atoms with Crippen LogP contribution in [-0.4, -0.2) is 97.6 Å². The molecule has 0 aromatic heterocycles. The number of nitrogens with zero attached hydrogens (tertiary/aromatic N) is 4. The Kier molecular flexibility index (Phi) is 7.80. The predicted molar refractivity (Wildman–Crippen MR) is 100 cm³/mol. The number of likely N-dealkylation sites (tertiary alicyclic amines) is 1. The fourth-order valence-corrected chi connectivity index (χ4v) is 3.78. The van der Waals surface area contributed by atoms with Crippen molar-refractivity contribution in [3.8, 4) is 0 Å². The monoisotopic (exact) mass is 324 g/mol. The van der Waals surface area contributed by atoms with Gasteiger partial charge in [-0.1, -0.05) is 0 Å². The lowest BCUT2D eigenvalue weighted by molar-refractivity contribution is 0.0789. The van der Waals surface area contributed by atoms with Gasteiger partial charge in [0.2, 0.25) is 0 Å². The summed E-state index contributed by atoms with van der Waals surface area (Å²) < 4.78 is 0. The van der Waals surface area contributed by atoms with Gasteiger partial charge >= 0.3 is 0 Å². The molecule has 0 radical (unpaired) electrons. The molecule has 0 atom stereocenters. The maximum Gasteiger partial charge on any atom is 0.0113 e. The van der Waals surface area contributed by atoms with E-state index in [9.17, 15) is 0 Å². The summed E-state index contributed by atoms with van der Waals surface area (Å²) in [5, 5.41) is 0. The zero-order valence-corrected chi connectivity index (χ0v) is 16.3. The van der Waals surface area contributed by atoms with E-state index in [4.69, 9.17) is 0 Å². The molecular weight excluding hydrogens is 284 g/mol. The normalized spacial score (nSPS) is 23.5. The Hall–Kier alpha value is -0.160. The van der Waals surface area contributed by atoms with Gasteiger partial charge in [-0.25, -0.2) is 0 Å². The van der Waals surface area contributed by atoms with Crippen LogP contribution in [0.5, 0.6) is 0 Å². The number of piperidine rings is 1. The summed E-state index contributed by atoms with van der Waals surface area (Å²) in [5.74, 6) is 0.930. The molecule has 0 spiro atoms. The minimum atomic E-state index is 0.664. The summed E-state index contributed by atoms with van der Waals surface area (Å²) in [5.41, 5.74) is 0. The lowest BCUT2D eigenvalue weighted by Gasteiger charge is -2.40. The highest BCUT2D eigenvalue weighted by molar-refractivity contribution is 4.79. The molecule has 136 valence electrons. The first-order chi connectivity index (χ1) is 11.0. The van der Waals surface area contributed by atoms with Gasteiger partial charge in [-0.15, -0.1) is 0 Å². The zero-order chi connectivity index (χ0) is 16.8. The van der Waals surface area contributed by atoms with E-state index >= 15 is 0 Å². The standard InChI is InChI=1S/C19H40N4/c1-17(2)20(5)10-11-21-8-6-19(7-9-21)16-22-12-14-23(15-13-22)18(3)4/h17-19H,6-16H2,1-5H3. The third-order valence-corrected chi connectivity index (χ3v) is 6.01. The third kappa shape index (κ3) is 6.33. The summed E-state index contributed by atoms with van der Waals surface area (Å²) in [7, 11) is 2.24. The topological polar surface area (TPSA) is 13.0 Å². The number of piperazine rings is 1. The minimum Gasteiger partial charge on any atom is -0.303 e. The Morgan fingerprint density at radius 2 is 1.48 bits per heavy atom. The van der Waals surface area contributed by atoms with Gasteiger partial charge in [0, 0.05) is 57.9 Å². The van der Waals surface area contributed by atoms with E-state index in [1.54, 1.807) is 0 Å². The van der Waals surface area contributed by atoms with E-state index in [2.05, 4.69) is 54.3 Å². The summed E-state index contributed by atoms with van der Waals surface area (Å²) >= 11 is 0. The lowest BCUT2D eigenvalue weighted by atomic mass is 9.96. The van der Waals surface area contributed by atoms with Gasteiger partial charge < -0.3 is 14.7 Å². The highest BCUT2D eigenvalue weighted by atomic mass is 15.3. The first-order valence-corrected chi connectivity index (χ1v) is 9.84. The zero-order valence-electron chi connectivity index (χ0n) is 16.3. The summed E-state index contributed by atoms with van der Waals surface area (Å²) in [6.45, 7) is 20.7. The first kappa shape index (κ1) is 19.2. The third-order valence-electron chi connectivity index (χ3n) is 6.01. The molecule has 2 aliphatic heterocycles. The maximum absolute atomic E-state index is 2.71. The molecule has 2 rings (SSSR count). The van der Waals surface area contributed by atoms with Crippen LogP contribution in [0.25, 0.3) is 0 Å². The van der Waals surface area contributed by atoms with Gasteiger partial charge in [0.1, 0.15) is 0 Å². The van der Waals surface area contributed by atoms with Crippen LogP contribution in [0.3, 0.4) is 0 Å². The molecule has 4 heteroatoms. The van der Waals surface area contributed by atoms with Gasteiger partial charge in [-0.2, -0.15) is 0 Å². The molecule has 0 aliphatic carbocycles. The van der Waals surface area contributed by atoms with Crippen molar-refractivity contribution < 1.29 is 0 Å². The van der Waals surface area contributed by atoms with Crippen molar-refractivity contribution >= 4 is 0 Å². The average Bonchev–Trinajstić information content (AvgIpc) is 2.54. The molecule has 2 fully saturated rings. The Balaban J connectivity index is 1.60. The molecule has 0 aromatic rings. The molecule has 2 aliphatic rings. The first-order valence-electron chi connectivity index (χ1n) is 9.84. The van der Waals surface area contributed by atoms with Crippen LogP contribution in [0.1, 0.15) is 40.5 Å². The molecule has 0 amide bonds. The Labute approximate surface area is 144 Å². The highest BCUT2D eigenvalue weighted by Gasteiger charge is 2.24. The van der Waals surface area contributed by atoms with Crippen LogP contribution in [0, 0.1) is 5.92 Å². The predicted octanol–water partition coefficient (Wildman–Crippen LogP) is 2.06. The van der Waals surface area contributed by atoms with Crippen LogP contribution in [0.4, 0.5) is 0 Å². The number of likely N-dealkylation sites (N-methyl/N-ethyl adjacent to an activating group) is 1. The molecule has 0 N–H and O–H groups in total. The molecule has 2 heterocycles. The smallest absolute Gasteiger partial charge is 0.0113 e. The fraction of sp³-hybridized carbons (Fsp3) is 1.00. The van der Waals surface area contributed by atoms with Crippen molar-refractivity contribution in [3.05, 3.63) is 0 Å². The van der Waals surface area contributed by atoms with Crippen LogP contribution in [0.15, 0.2) is 0 Å². The number of hydrogen-bond donors (Lipinski definition) is 0. The van der Waals surface area contributed by atoms with Gasteiger partial charge in [-0.05, 0) is 66.6 Å². The van der Waals surface area contributed by atoms with Gasteiger partial charge in [0.15, 0.2) is 0 Å². The number of rotatable bonds is 7. The van der Waals surface area contributed by atoms with E-state index in [0.29, 0.717) is 12.1 Å². The fourth-order valence-electron chi connectivity index (χ4n) is 3.78. The second-order valence-corrected chi connectivity index (χ2v) is 8.29. The Morgan fingerprint density at radius 1 is 0.870 bits per heavy atom. The number of hydrogen-bond acceptors (Lipinski definition) is 4. The van der Waals surface area contributed by atoms with Crippen molar-refractivity contribution in [3.63, 3.8) is 0 Å². The van der Waals surface area contributed by atoms with E-state index in [0.717, 1.165) is 5.92 Å². The van der Waals surface area contributed by atoms with Gasteiger partial charge in [0.05, 0.1) is 0 Å². The second kappa shape index (κ2) is 9.36. The van der Waals surface area contributed by atoms with Crippen molar-refractivity contribution in [1.29, 1.82) is 0 Å². The van der Waals surface area contributed by atoms with Crippen molar-refractivity contribution in [2.24, 2.45) is 5.92 Å². The van der Waals surface area contributed by atoms with Crippen LogP contribution < -0.4 is 0 Å². The minimum absolute atomic E-state index is 0.664. The van der Waals surface area contributed by atoms with E-state index in [1.165, 1.54) is 71.7 Å². The molecule has 4 nitrogen and oxygen atoms in total. The van der Waals surface area contributed by atoms with Crippen LogP contribution in [-0.2, 0) is 0 Å².